The maximum absolute atomic E-state index is 12.0. The highest BCUT2D eigenvalue weighted by molar-refractivity contribution is 7.13. The van der Waals surface area contributed by atoms with Gasteiger partial charge in [-0.3, -0.25) is 9.78 Å². The largest absolute Gasteiger partial charge is 0.352 e. The zero-order chi connectivity index (χ0) is 14.5. The van der Waals surface area contributed by atoms with Crippen molar-refractivity contribution in [2.45, 2.75) is 25.3 Å². The highest BCUT2D eigenvalue weighted by Crippen LogP contribution is 2.22. The van der Waals surface area contributed by atoms with Gasteiger partial charge in [0, 0.05) is 35.9 Å². The number of pyridine rings is 1. The summed E-state index contributed by atoms with van der Waals surface area (Å²) in [6, 6.07) is 4.12. The predicted octanol–water partition coefficient (Wildman–Crippen LogP) is 2.46. The van der Waals surface area contributed by atoms with Crippen molar-refractivity contribution in [1.29, 1.82) is 0 Å². The van der Waals surface area contributed by atoms with Gasteiger partial charge < -0.3 is 10.6 Å². The fourth-order valence-electron chi connectivity index (χ4n) is 2.43. The van der Waals surface area contributed by atoms with E-state index in [4.69, 9.17) is 0 Å². The number of nitrogens with zero attached hydrogens (tertiary/aromatic N) is 2. The van der Waals surface area contributed by atoms with E-state index >= 15 is 0 Å². The second kappa shape index (κ2) is 9.82. The lowest BCUT2D eigenvalue weighted by molar-refractivity contribution is -0.121. The number of carbonyl (C=O) groups is 1. The number of carbonyl (C=O) groups excluding carboxylic acids is 1. The number of rotatable bonds is 4. The van der Waals surface area contributed by atoms with Crippen LogP contribution in [0.1, 0.15) is 18.5 Å². The van der Waals surface area contributed by atoms with Crippen molar-refractivity contribution in [2.24, 2.45) is 0 Å². The Bertz CT molecular complexity index is 603. The normalized spacial score (nSPS) is 16.8. The van der Waals surface area contributed by atoms with Crippen molar-refractivity contribution in [3.8, 4) is 10.6 Å². The lowest BCUT2D eigenvalue weighted by atomic mass is 10.1. The molecular formula is C15H20Cl2N4OS. The first-order valence-electron chi connectivity index (χ1n) is 7.16. The first-order valence-corrected chi connectivity index (χ1v) is 8.04. The molecule has 1 aliphatic heterocycles. The Labute approximate surface area is 152 Å². The summed E-state index contributed by atoms with van der Waals surface area (Å²) in [6.45, 7) is 1.91. The van der Waals surface area contributed by atoms with Gasteiger partial charge >= 0.3 is 0 Å². The van der Waals surface area contributed by atoms with Crippen LogP contribution < -0.4 is 10.6 Å². The Balaban J connectivity index is 0.00000132. The molecule has 1 atom stereocenters. The fourth-order valence-corrected chi connectivity index (χ4v) is 3.24. The number of piperidine rings is 1. The van der Waals surface area contributed by atoms with Gasteiger partial charge in [-0.1, -0.05) is 0 Å². The summed E-state index contributed by atoms with van der Waals surface area (Å²) < 4.78 is 0. The zero-order valence-corrected chi connectivity index (χ0v) is 15.0. The average Bonchev–Trinajstić information content (AvgIpc) is 2.97. The van der Waals surface area contributed by atoms with Gasteiger partial charge in [0.15, 0.2) is 0 Å². The summed E-state index contributed by atoms with van der Waals surface area (Å²) >= 11 is 1.55. The summed E-state index contributed by atoms with van der Waals surface area (Å²) in [6.07, 6.45) is 6.04. The van der Waals surface area contributed by atoms with Gasteiger partial charge in [0.05, 0.1) is 12.1 Å². The van der Waals surface area contributed by atoms with Crippen molar-refractivity contribution in [1.82, 2.24) is 20.6 Å². The van der Waals surface area contributed by atoms with Gasteiger partial charge in [0.1, 0.15) is 5.01 Å². The van der Waals surface area contributed by atoms with Crippen LogP contribution in [0.5, 0.6) is 0 Å². The Morgan fingerprint density at radius 2 is 2.30 bits per heavy atom. The van der Waals surface area contributed by atoms with E-state index < -0.39 is 0 Å². The molecule has 8 heteroatoms. The van der Waals surface area contributed by atoms with Gasteiger partial charge in [-0.05, 0) is 31.5 Å². The molecule has 1 unspecified atom stereocenters. The van der Waals surface area contributed by atoms with Crippen LogP contribution in [0.15, 0.2) is 29.9 Å². The third-order valence-corrected chi connectivity index (χ3v) is 4.40. The third kappa shape index (κ3) is 5.73. The number of hydrogen-bond donors (Lipinski definition) is 2. The average molecular weight is 375 g/mol. The van der Waals surface area contributed by atoms with Crippen LogP contribution >= 0.6 is 36.2 Å². The van der Waals surface area contributed by atoms with Crippen molar-refractivity contribution in [3.63, 3.8) is 0 Å². The second-order valence-corrected chi connectivity index (χ2v) is 6.03. The molecule has 1 amide bonds. The van der Waals surface area contributed by atoms with E-state index in [1.807, 2.05) is 17.5 Å². The first-order chi connectivity index (χ1) is 10.3. The quantitative estimate of drug-likeness (QED) is 0.862. The number of nitrogens with one attached hydrogen (secondary N) is 2. The molecule has 0 spiro atoms. The molecule has 1 aliphatic rings. The van der Waals surface area contributed by atoms with Crippen LogP contribution in [0.3, 0.4) is 0 Å². The van der Waals surface area contributed by atoms with Crippen molar-refractivity contribution < 1.29 is 4.79 Å². The molecule has 0 aliphatic carbocycles. The molecule has 2 N–H and O–H groups in total. The van der Waals surface area contributed by atoms with Gasteiger partial charge in [-0.2, -0.15) is 0 Å². The molecular weight excluding hydrogens is 355 g/mol. The van der Waals surface area contributed by atoms with Gasteiger partial charge in [-0.15, -0.1) is 36.2 Å². The van der Waals surface area contributed by atoms with Crippen molar-refractivity contribution in [3.05, 3.63) is 35.6 Å². The molecule has 1 fully saturated rings. The first kappa shape index (κ1) is 19.8. The third-order valence-electron chi connectivity index (χ3n) is 3.46. The van der Waals surface area contributed by atoms with E-state index in [2.05, 4.69) is 20.6 Å². The van der Waals surface area contributed by atoms with E-state index in [9.17, 15) is 4.79 Å². The Morgan fingerprint density at radius 3 is 3.00 bits per heavy atom. The van der Waals surface area contributed by atoms with Gasteiger partial charge in [-0.25, -0.2) is 4.98 Å². The minimum Gasteiger partial charge on any atom is -0.352 e. The van der Waals surface area contributed by atoms with Crippen LogP contribution in [-0.2, 0) is 11.2 Å². The van der Waals surface area contributed by atoms with E-state index in [0.29, 0.717) is 6.42 Å². The maximum atomic E-state index is 12.0. The Morgan fingerprint density at radius 1 is 1.43 bits per heavy atom. The Kier molecular flexibility index (Phi) is 8.47. The molecule has 3 rings (SSSR count). The number of halogens is 2. The molecule has 2 aromatic rings. The van der Waals surface area contributed by atoms with Crippen LogP contribution in [-0.4, -0.2) is 35.0 Å². The fraction of sp³-hybridized carbons (Fsp3) is 0.400. The topological polar surface area (TPSA) is 66.9 Å². The van der Waals surface area contributed by atoms with Crippen LogP contribution in [0.25, 0.3) is 10.6 Å². The number of amides is 1. The molecule has 126 valence electrons. The van der Waals surface area contributed by atoms with Crippen LogP contribution in [0.4, 0.5) is 0 Å². The van der Waals surface area contributed by atoms with Crippen molar-refractivity contribution in [2.75, 3.05) is 13.1 Å². The van der Waals surface area contributed by atoms with E-state index in [1.54, 1.807) is 23.7 Å². The minimum absolute atomic E-state index is 0. The number of thiazole rings is 1. The zero-order valence-electron chi connectivity index (χ0n) is 12.5. The highest BCUT2D eigenvalue weighted by Gasteiger charge is 2.16. The molecule has 5 nitrogen and oxygen atoms in total. The van der Waals surface area contributed by atoms with Gasteiger partial charge in [0.25, 0.3) is 0 Å². The molecule has 0 aromatic carbocycles. The highest BCUT2D eigenvalue weighted by atomic mass is 35.5. The van der Waals surface area contributed by atoms with E-state index in [-0.39, 0.29) is 36.8 Å². The number of hydrogen-bond acceptors (Lipinski definition) is 5. The molecule has 2 aromatic heterocycles. The molecule has 1 saturated heterocycles. The summed E-state index contributed by atoms with van der Waals surface area (Å²) in [5.74, 6) is 0.0479. The minimum atomic E-state index is 0. The molecule has 3 heterocycles. The molecule has 0 saturated carbocycles. The summed E-state index contributed by atoms with van der Waals surface area (Å²) in [5.41, 5.74) is 1.81. The standard InChI is InChI=1S/C15H18N4OS.2ClH/c20-14(18-12-4-2-6-17-9-12)7-13-10-21-15(19-13)11-3-1-5-16-8-11;;/h1,3,5,8,10,12,17H,2,4,6-7,9H2,(H,18,20);2*1H. The van der Waals surface area contributed by atoms with E-state index in [1.165, 1.54) is 0 Å². The van der Waals surface area contributed by atoms with E-state index in [0.717, 1.165) is 42.2 Å². The van der Waals surface area contributed by atoms with Gasteiger partial charge in [0.2, 0.25) is 5.91 Å². The predicted molar refractivity (Wildman–Crippen MR) is 97.6 cm³/mol. The molecule has 0 radical (unpaired) electrons. The molecule has 23 heavy (non-hydrogen) atoms. The lowest BCUT2D eigenvalue weighted by Crippen LogP contribution is -2.46. The summed E-state index contributed by atoms with van der Waals surface area (Å²) in [5, 5.41) is 9.21. The summed E-state index contributed by atoms with van der Waals surface area (Å²) in [7, 11) is 0. The molecule has 0 bridgehead atoms. The van der Waals surface area contributed by atoms with Crippen molar-refractivity contribution >= 4 is 42.1 Å². The van der Waals surface area contributed by atoms with Crippen LogP contribution in [0, 0.1) is 0 Å². The smallest absolute Gasteiger partial charge is 0.226 e. The second-order valence-electron chi connectivity index (χ2n) is 5.17. The SMILES string of the molecule is Cl.Cl.O=C(Cc1csc(-c2cccnc2)n1)NC1CCCNC1. The maximum Gasteiger partial charge on any atom is 0.226 e. The Hall–Kier alpha value is -1.21. The lowest BCUT2D eigenvalue weighted by Gasteiger charge is -2.23. The summed E-state index contributed by atoms with van der Waals surface area (Å²) in [4.78, 5) is 20.6. The number of aromatic nitrogens is 2. The van der Waals surface area contributed by atoms with Crippen LogP contribution in [0.2, 0.25) is 0 Å². The monoisotopic (exact) mass is 374 g/mol.